The van der Waals surface area contributed by atoms with Gasteiger partial charge in [-0.15, -0.1) is 0 Å². The average molecular weight is 269 g/mol. The molecular formula is C14H20FNO3. The molecular weight excluding hydrogens is 249 g/mol. The lowest BCUT2D eigenvalue weighted by Crippen LogP contribution is -2.10. The smallest absolute Gasteiger partial charge is 0.337 e. The second-order valence-electron chi connectivity index (χ2n) is 4.24. The largest absolute Gasteiger partial charge is 0.478 e. The lowest BCUT2D eigenvalue weighted by molar-refractivity contribution is 0.0697. The molecule has 106 valence electrons. The molecule has 1 rings (SSSR count). The Balaban J connectivity index is 2.35. The van der Waals surface area contributed by atoms with Crippen molar-refractivity contribution in [3.63, 3.8) is 0 Å². The summed E-state index contributed by atoms with van der Waals surface area (Å²) in [7, 11) is 0. The van der Waals surface area contributed by atoms with Crippen LogP contribution in [0, 0.1) is 5.82 Å². The molecule has 1 aromatic rings. The highest BCUT2D eigenvalue weighted by atomic mass is 19.1. The number of hydrogen-bond donors (Lipinski definition) is 2. The van der Waals surface area contributed by atoms with Crippen LogP contribution in [0.15, 0.2) is 18.2 Å². The highest BCUT2D eigenvalue weighted by molar-refractivity contribution is 5.94. The maximum Gasteiger partial charge on any atom is 0.337 e. The Labute approximate surface area is 112 Å². The van der Waals surface area contributed by atoms with Gasteiger partial charge in [0.25, 0.3) is 0 Å². The van der Waals surface area contributed by atoms with Gasteiger partial charge >= 0.3 is 5.97 Å². The molecule has 0 saturated heterocycles. The summed E-state index contributed by atoms with van der Waals surface area (Å²) in [4.78, 5) is 10.9. The molecule has 1 aromatic carbocycles. The Kier molecular flexibility index (Phi) is 6.89. The monoisotopic (exact) mass is 269 g/mol. The highest BCUT2D eigenvalue weighted by Crippen LogP contribution is 2.16. The van der Waals surface area contributed by atoms with Crippen molar-refractivity contribution in [3.8, 4) is 0 Å². The molecule has 19 heavy (non-hydrogen) atoms. The normalized spacial score (nSPS) is 10.4. The van der Waals surface area contributed by atoms with Crippen molar-refractivity contribution in [2.45, 2.75) is 26.2 Å². The first-order valence-corrected chi connectivity index (χ1v) is 6.49. The Hall–Kier alpha value is -1.62. The second-order valence-corrected chi connectivity index (χ2v) is 4.24. The van der Waals surface area contributed by atoms with Gasteiger partial charge < -0.3 is 15.2 Å². The lowest BCUT2D eigenvalue weighted by atomic mass is 10.1. The zero-order chi connectivity index (χ0) is 14.1. The molecule has 0 saturated carbocycles. The maximum atomic E-state index is 13.0. The number of hydrogen-bond acceptors (Lipinski definition) is 3. The van der Waals surface area contributed by atoms with Gasteiger partial charge in [-0.25, -0.2) is 9.18 Å². The summed E-state index contributed by atoms with van der Waals surface area (Å²) < 4.78 is 18.4. The number of halogens is 1. The topological polar surface area (TPSA) is 58.6 Å². The van der Waals surface area contributed by atoms with E-state index in [2.05, 4.69) is 12.2 Å². The zero-order valence-electron chi connectivity index (χ0n) is 11.1. The van der Waals surface area contributed by atoms with Gasteiger partial charge in [0.05, 0.1) is 5.56 Å². The number of nitrogens with one attached hydrogen (secondary N) is 1. The fraction of sp³-hybridized carbons (Fsp3) is 0.500. The summed E-state index contributed by atoms with van der Waals surface area (Å²) in [6.07, 6.45) is 2.94. The first-order valence-electron chi connectivity index (χ1n) is 6.49. The standard InChI is InChI=1S/C14H20FNO3/c1-2-3-8-19-9-4-7-16-13-6-5-11(15)10-12(13)14(17)18/h5-6,10,16H,2-4,7-9H2,1H3,(H,17,18). The van der Waals surface area contributed by atoms with Crippen molar-refractivity contribution in [2.24, 2.45) is 0 Å². The van der Waals surface area contributed by atoms with E-state index < -0.39 is 11.8 Å². The van der Waals surface area contributed by atoms with Crippen LogP contribution >= 0.6 is 0 Å². The SMILES string of the molecule is CCCCOCCCNc1ccc(F)cc1C(=O)O. The molecule has 0 aliphatic carbocycles. The minimum atomic E-state index is -1.14. The van der Waals surface area contributed by atoms with Gasteiger partial charge in [0.2, 0.25) is 0 Å². The Morgan fingerprint density at radius 1 is 1.37 bits per heavy atom. The van der Waals surface area contributed by atoms with E-state index in [0.29, 0.717) is 18.8 Å². The fourth-order valence-electron chi connectivity index (χ4n) is 1.59. The third-order valence-corrected chi connectivity index (χ3v) is 2.64. The van der Waals surface area contributed by atoms with Crippen LogP contribution in [0.2, 0.25) is 0 Å². The van der Waals surface area contributed by atoms with E-state index >= 15 is 0 Å². The summed E-state index contributed by atoms with van der Waals surface area (Å²) in [5.41, 5.74) is 0.384. The molecule has 0 aromatic heterocycles. The fourth-order valence-corrected chi connectivity index (χ4v) is 1.59. The van der Waals surface area contributed by atoms with Crippen LogP contribution < -0.4 is 5.32 Å². The molecule has 2 N–H and O–H groups in total. The van der Waals surface area contributed by atoms with E-state index in [4.69, 9.17) is 9.84 Å². The first kappa shape index (κ1) is 15.4. The van der Waals surface area contributed by atoms with E-state index in [9.17, 15) is 9.18 Å². The van der Waals surface area contributed by atoms with Gasteiger partial charge in [-0.3, -0.25) is 0 Å². The quantitative estimate of drug-likeness (QED) is 0.676. The molecule has 0 aliphatic rings. The summed E-state index contributed by atoms with van der Waals surface area (Å²) >= 11 is 0. The first-order chi connectivity index (χ1) is 9.15. The maximum absolute atomic E-state index is 13.0. The molecule has 0 radical (unpaired) electrons. The van der Waals surface area contributed by atoms with Crippen molar-refractivity contribution >= 4 is 11.7 Å². The zero-order valence-corrected chi connectivity index (χ0v) is 11.1. The summed E-state index contributed by atoms with van der Waals surface area (Å²) in [5.74, 6) is -1.69. The molecule has 0 fully saturated rings. The molecule has 0 bridgehead atoms. The number of carbonyl (C=O) groups is 1. The van der Waals surface area contributed by atoms with Crippen molar-refractivity contribution in [1.29, 1.82) is 0 Å². The molecule has 5 heteroatoms. The average Bonchev–Trinajstić information content (AvgIpc) is 2.39. The van der Waals surface area contributed by atoms with Gasteiger partial charge in [0.15, 0.2) is 0 Å². The minimum Gasteiger partial charge on any atom is -0.478 e. The van der Waals surface area contributed by atoms with E-state index in [0.717, 1.165) is 31.9 Å². The van der Waals surface area contributed by atoms with Crippen LogP contribution in [0.1, 0.15) is 36.5 Å². The van der Waals surface area contributed by atoms with E-state index in [-0.39, 0.29) is 5.56 Å². The van der Waals surface area contributed by atoms with Crippen molar-refractivity contribution in [2.75, 3.05) is 25.1 Å². The number of ether oxygens (including phenoxy) is 1. The van der Waals surface area contributed by atoms with Crippen LogP contribution in [-0.2, 0) is 4.74 Å². The van der Waals surface area contributed by atoms with Gasteiger partial charge in [0.1, 0.15) is 5.82 Å². The van der Waals surface area contributed by atoms with E-state index in [1.165, 1.54) is 12.1 Å². The number of carboxylic acids is 1. The third kappa shape index (κ3) is 5.70. The number of unbranched alkanes of at least 4 members (excludes halogenated alkanes) is 1. The summed E-state index contributed by atoms with van der Waals surface area (Å²) in [6.45, 7) is 4.09. The van der Waals surface area contributed by atoms with Crippen LogP contribution in [0.5, 0.6) is 0 Å². The molecule has 0 unspecified atom stereocenters. The number of carboxylic acid groups (broad SMARTS) is 1. The molecule has 0 atom stereocenters. The van der Waals surface area contributed by atoms with Crippen LogP contribution in [0.4, 0.5) is 10.1 Å². The molecule has 0 amide bonds. The van der Waals surface area contributed by atoms with E-state index in [1.807, 2.05) is 0 Å². The Bertz CT molecular complexity index is 410. The van der Waals surface area contributed by atoms with Crippen molar-refractivity contribution in [3.05, 3.63) is 29.6 Å². The Morgan fingerprint density at radius 3 is 2.79 bits per heavy atom. The second kappa shape index (κ2) is 8.48. The summed E-state index contributed by atoms with van der Waals surface area (Å²) in [6, 6.07) is 3.70. The minimum absolute atomic E-state index is 0.0492. The number of aromatic carboxylic acids is 1. The highest BCUT2D eigenvalue weighted by Gasteiger charge is 2.10. The van der Waals surface area contributed by atoms with Crippen LogP contribution in [0.25, 0.3) is 0 Å². The van der Waals surface area contributed by atoms with Crippen molar-refractivity contribution < 1.29 is 19.0 Å². The number of benzene rings is 1. The predicted molar refractivity (Wildman–Crippen MR) is 72.2 cm³/mol. The van der Waals surface area contributed by atoms with Crippen LogP contribution in [-0.4, -0.2) is 30.8 Å². The number of anilines is 1. The molecule has 0 spiro atoms. The van der Waals surface area contributed by atoms with Gasteiger partial charge in [-0.2, -0.15) is 0 Å². The molecule has 0 heterocycles. The molecule has 0 aliphatic heterocycles. The molecule has 4 nitrogen and oxygen atoms in total. The van der Waals surface area contributed by atoms with Crippen molar-refractivity contribution in [1.82, 2.24) is 0 Å². The van der Waals surface area contributed by atoms with E-state index in [1.54, 1.807) is 0 Å². The third-order valence-electron chi connectivity index (χ3n) is 2.64. The summed E-state index contributed by atoms with van der Waals surface area (Å²) in [5, 5.41) is 11.9. The van der Waals surface area contributed by atoms with Gasteiger partial charge in [-0.1, -0.05) is 13.3 Å². The van der Waals surface area contributed by atoms with Gasteiger partial charge in [-0.05, 0) is 31.0 Å². The lowest BCUT2D eigenvalue weighted by Gasteiger charge is -2.09. The van der Waals surface area contributed by atoms with Gasteiger partial charge in [0, 0.05) is 25.4 Å². The number of rotatable bonds is 9. The predicted octanol–water partition coefficient (Wildman–Crippen LogP) is 3.14. The van der Waals surface area contributed by atoms with Crippen LogP contribution in [0.3, 0.4) is 0 Å². The Morgan fingerprint density at radius 2 is 2.11 bits per heavy atom.